The van der Waals surface area contributed by atoms with Gasteiger partial charge in [-0.1, -0.05) is 13.3 Å². The Morgan fingerprint density at radius 1 is 1.39 bits per heavy atom. The molecule has 0 aliphatic carbocycles. The van der Waals surface area contributed by atoms with Gasteiger partial charge in [0.25, 0.3) is 0 Å². The van der Waals surface area contributed by atoms with Gasteiger partial charge in [-0.05, 0) is 32.0 Å². The molecular formula is C14H24N2O2. The largest absolute Gasteiger partial charge is 0.472 e. The van der Waals surface area contributed by atoms with Crippen molar-refractivity contribution in [2.24, 2.45) is 0 Å². The molecule has 1 aromatic heterocycles. The highest BCUT2D eigenvalue weighted by molar-refractivity contribution is 5.25. The number of hydrogen-bond acceptors (Lipinski definition) is 4. The van der Waals surface area contributed by atoms with Gasteiger partial charge in [0.05, 0.1) is 6.61 Å². The Bertz CT molecular complexity index is 331. The Hall–Kier alpha value is -1.13. The fourth-order valence-electron chi connectivity index (χ4n) is 1.85. The predicted octanol–water partition coefficient (Wildman–Crippen LogP) is 2.17. The molecule has 0 aliphatic heterocycles. The summed E-state index contributed by atoms with van der Waals surface area (Å²) < 4.78 is 10.8. The molecule has 102 valence electrons. The molecule has 0 aromatic carbocycles. The summed E-state index contributed by atoms with van der Waals surface area (Å²) in [5.41, 5.74) is 2.29. The fourth-order valence-corrected chi connectivity index (χ4v) is 1.85. The van der Waals surface area contributed by atoms with Crippen LogP contribution in [0, 0.1) is 0 Å². The normalized spacial score (nSPS) is 12.4. The van der Waals surface area contributed by atoms with Crippen molar-refractivity contribution in [2.45, 2.75) is 39.3 Å². The van der Waals surface area contributed by atoms with Crippen LogP contribution in [0.15, 0.2) is 12.1 Å². The molecule has 1 N–H and O–H groups in total. The van der Waals surface area contributed by atoms with E-state index in [-0.39, 0.29) is 6.10 Å². The van der Waals surface area contributed by atoms with Gasteiger partial charge < -0.3 is 14.8 Å². The van der Waals surface area contributed by atoms with Crippen molar-refractivity contribution in [1.29, 1.82) is 0 Å². The second-order valence-corrected chi connectivity index (χ2v) is 4.47. The van der Waals surface area contributed by atoms with Crippen molar-refractivity contribution in [3.8, 4) is 5.88 Å². The van der Waals surface area contributed by atoms with E-state index in [1.165, 1.54) is 5.56 Å². The predicted molar refractivity (Wildman–Crippen MR) is 73.0 cm³/mol. The lowest BCUT2D eigenvalue weighted by molar-refractivity contribution is 0.0887. The molecule has 1 atom stereocenters. The van der Waals surface area contributed by atoms with Crippen LogP contribution in [0.1, 0.15) is 31.5 Å². The Morgan fingerprint density at radius 3 is 2.78 bits per heavy atom. The molecule has 0 aliphatic rings. The molecular weight excluding hydrogens is 228 g/mol. The van der Waals surface area contributed by atoms with E-state index >= 15 is 0 Å². The van der Waals surface area contributed by atoms with E-state index in [0.29, 0.717) is 12.5 Å². The summed E-state index contributed by atoms with van der Waals surface area (Å²) >= 11 is 0. The maximum Gasteiger partial charge on any atom is 0.214 e. The van der Waals surface area contributed by atoms with Crippen LogP contribution in [0.2, 0.25) is 0 Å². The summed E-state index contributed by atoms with van der Waals surface area (Å²) in [6.07, 6.45) is 2.08. The molecule has 1 unspecified atom stereocenters. The number of rotatable bonds is 8. The number of aryl methyl sites for hydroxylation is 1. The van der Waals surface area contributed by atoms with Crippen molar-refractivity contribution in [1.82, 2.24) is 10.3 Å². The molecule has 0 saturated heterocycles. The van der Waals surface area contributed by atoms with Gasteiger partial charge in [-0.25, -0.2) is 4.98 Å². The van der Waals surface area contributed by atoms with Crippen LogP contribution < -0.4 is 10.1 Å². The minimum absolute atomic E-state index is 0.0156. The third kappa shape index (κ3) is 5.02. The summed E-state index contributed by atoms with van der Waals surface area (Å²) in [4.78, 5) is 4.52. The van der Waals surface area contributed by atoms with E-state index in [1.54, 1.807) is 7.11 Å². The summed E-state index contributed by atoms with van der Waals surface area (Å²) in [7, 11) is 3.61. The van der Waals surface area contributed by atoms with E-state index in [0.717, 1.165) is 25.1 Å². The first-order valence-corrected chi connectivity index (χ1v) is 6.49. The SMILES string of the molecule is CCCc1cc(CNC)cc(OC(C)COC)n1. The van der Waals surface area contributed by atoms with Crippen LogP contribution in [0.25, 0.3) is 0 Å². The molecule has 1 heterocycles. The highest BCUT2D eigenvalue weighted by Gasteiger charge is 2.07. The van der Waals surface area contributed by atoms with Gasteiger partial charge in [-0.15, -0.1) is 0 Å². The molecule has 1 rings (SSSR count). The molecule has 0 radical (unpaired) electrons. The lowest BCUT2D eigenvalue weighted by Gasteiger charge is -2.15. The molecule has 18 heavy (non-hydrogen) atoms. The van der Waals surface area contributed by atoms with Gasteiger partial charge in [0.2, 0.25) is 5.88 Å². The van der Waals surface area contributed by atoms with E-state index in [1.807, 2.05) is 20.0 Å². The maximum absolute atomic E-state index is 5.76. The highest BCUT2D eigenvalue weighted by atomic mass is 16.5. The minimum Gasteiger partial charge on any atom is -0.472 e. The smallest absolute Gasteiger partial charge is 0.214 e. The van der Waals surface area contributed by atoms with Crippen LogP contribution in [0.4, 0.5) is 0 Å². The lowest BCUT2D eigenvalue weighted by atomic mass is 10.1. The third-order valence-electron chi connectivity index (χ3n) is 2.53. The summed E-state index contributed by atoms with van der Waals surface area (Å²) in [6, 6.07) is 4.12. The van der Waals surface area contributed by atoms with Crippen LogP contribution >= 0.6 is 0 Å². The van der Waals surface area contributed by atoms with Gasteiger partial charge in [-0.3, -0.25) is 0 Å². The minimum atomic E-state index is 0.0156. The van der Waals surface area contributed by atoms with Crippen LogP contribution in [0.3, 0.4) is 0 Å². The first-order valence-electron chi connectivity index (χ1n) is 6.49. The summed E-state index contributed by atoms with van der Waals surface area (Å²) in [5.74, 6) is 0.691. The van der Waals surface area contributed by atoms with Crippen molar-refractivity contribution in [3.05, 3.63) is 23.4 Å². The Balaban J connectivity index is 2.81. The van der Waals surface area contributed by atoms with E-state index in [9.17, 15) is 0 Å². The zero-order valence-corrected chi connectivity index (χ0v) is 11.8. The Labute approximate surface area is 110 Å². The van der Waals surface area contributed by atoms with Gasteiger partial charge in [0.1, 0.15) is 6.10 Å². The molecule has 4 nitrogen and oxygen atoms in total. The number of aromatic nitrogens is 1. The Morgan fingerprint density at radius 2 is 2.17 bits per heavy atom. The number of nitrogens with zero attached hydrogens (tertiary/aromatic N) is 1. The van der Waals surface area contributed by atoms with Crippen molar-refractivity contribution in [3.63, 3.8) is 0 Å². The molecule has 0 saturated carbocycles. The maximum atomic E-state index is 5.76. The zero-order valence-electron chi connectivity index (χ0n) is 11.8. The second-order valence-electron chi connectivity index (χ2n) is 4.47. The third-order valence-corrected chi connectivity index (χ3v) is 2.53. The lowest BCUT2D eigenvalue weighted by Crippen LogP contribution is -2.19. The summed E-state index contributed by atoms with van der Waals surface area (Å²) in [6.45, 7) is 5.53. The van der Waals surface area contributed by atoms with E-state index in [2.05, 4.69) is 23.3 Å². The monoisotopic (exact) mass is 252 g/mol. The number of pyridine rings is 1. The number of nitrogens with one attached hydrogen (secondary N) is 1. The molecule has 0 fully saturated rings. The molecule has 1 aromatic rings. The molecule has 0 bridgehead atoms. The van der Waals surface area contributed by atoms with E-state index < -0.39 is 0 Å². The van der Waals surface area contributed by atoms with Gasteiger partial charge in [0.15, 0.2) is 0 Å². The van der Waals surface area contributed by atoms with Crippen molar-refractivity contribution in [2.75, 3.05) is 20.8 Å². The van der Waals surface area contributed by atoms with Gasteiger partial charge in [0, 0.05) is 25.4 Å². The fraction of sp³-hybridized carbons (Fsp3) is 0.643. The van der Waals surface area contributed by atoms with Crippen molar-refractivity contribution >= 4 is 0 Å². The standard InChI is InChI=1S/C14H24N2O2/c1-5-6-13-7-12(9-15-3)8-14(16-13)18-11(2)10-17-4/h7-8,11,15H,5-6,9-10H2,1-4H3. The molecule has 0 amide bonds. The van der Waals surface area contributed by atoms with Crippen LogP contribution in [-0.4, -0.2) is 31.9 Å². The van der Waals surface area contributed by atoms with Crippen molar-refractivity contribution < 1.29 is 9.47 Å². The van der Waals surface area contributed by atoms with E-state index in [4.69, 9.17) is 9.47 Å². The molecule has 4 heteroatoms. The summed E-state index contributed by atoms with van der Waals surface area (Å²) in [5, 5.41) is 3.15. The van der Waals surface area contributed by atoms with Crippen LogP contribution in [0.5, 0.6) is 5.88 Å². The van der Waals surface area contributed by atoms with Crippen LogP contribution in [-0.2, 0) is 17.7 Å². The number of ether oxygens (including phenoxy) is 2. The number of methoxy groups -OCH3 is 1. The Kier molecular flexibility index (Phi) is 6.68. The van der Waals surface area contributed by atoms with Gasteiger partial charge >= 0.3 is 0 Å². The average molecular weight is 252 g/mol. The average Bonchev–Trinajstić information content (AvgIpc) is 2.29. The first-order chi connectivity index (χ1) is 8.69. The zero-order chi connectivity index (χ0) is 13.4. The first kappa shape index (κ1) is 14.9. The molecule has 0 spiro atoms. The second kappa shape index (κ2) is 8.06. The van der Waals surface area contributed by atoms with Gasteiger partial charge in [-0.2, -0.15) is 0 Å². The highest BCUT2D eigenvalue weighted by Crippen LogP contribution is 2.15. The topological polar surface area (TPSA) is 43.4 Å². The number of hydrogen-bond donors (Lipinski definition) is 1. The quantitative estimate of drug-likeness (QED) is 0.770.